The van der Waals surface area contributed by atoms with Crippen molar-refractivity contribution in [3.8, 4) is 0 Å². The van der Waals surface area contributed by atoms with E-state index in [2.05, 4.69) is 0 Å². The maximum Gasteiger partial charge on any atom is 0.331 e. The smallest absolute Gasteiger partial charge is 0.331 e. The van der Waals surface area contributed by atoms with E-state index < -0.39 is 17.4 Å². The lowest BCUT2D eigenvalue weighted by molar-refractivity contribution is 0.0191. The summed E-state index contributed by atoms with van der Waals surface area (Å²) >= 11 is 6.01. The number of benzene rings is 1. The Hall–Kier alpha value is -1.89. The minimum absolute atomic E-state index is 0.00186. The third-order valence-electron chi connectivity index (χ3n) is 3.40. The monoisotopic (exact) mass is 338 g/mol. The molecule has 1 aromatic carbocycles. The average Bonchev–Trinajstić information content (AvgIpc) is 2.53. The normalized spacial score (nSPS) is 12.3. The van der Waals surface area contributed by atoms with E-state index in [9.17, 15) is 14.7 Å². The van der Waals surface area contributed by atoms with E-state index in [1.807, 2.05) is 18.2 Å². The molecule has 0 radical (unpaired) electrons. The van der Waals surface area contributed by atoms with Gasteiger partial charge in [0.05, 0.1) is 25.9 Å². The minimum atomic E-state index is -0.962. The predicted octanol–water partition coefficient (Wildman–Crippen LogP) is 1.26. The zero-order valence-corrected chi connectivity index (χ0v) is 13.6. The van der Waals surface area contributed by atoms with Crippen LogP contribution in [0.25, 0.3) is 0 Å². The Morgan fingerprint density at radius 2 is 2.00 bits per heavy atom. The third kappa shape index (κ3) is 4.54. The SMILES string of the molecule is CCn1ccc(=O)n(CC(O)COCc2ccccc2Cl)c1=O. The molecule has 1 aromatic heterocycles. The van der Waals surface area contributed by atoms with Gasteiger partial charge in [-0.3, -0.25) is 9.36 Å². The molecule has 0 fully saturated rings. The fraction of sp³-hybridized carbons (Fsp3) is 0.375. The van der Waals surface area contributed by atoms with Crippen molar-refractivity contribution < 1.29 is 9.84 Å². The summed E-state index contributed by atoms with van der Waals surface area (Å²) in [6.07, 6.45) is 0.483. The van der Waals surface area contributed by atoms with Gasteiger partial charge in [0.2, 0.25) is 0 Å². The summed E-state index contributed by atoms with van der Waals surface area (Å²) < 4.78 is 7.82. The van der Waals surface area contributed by atoms with Crippen LogP contribution in [0.15, 0.2) is 46.1 Å². The van der Waals surface area contributed by atoms with E-state index in [4.69, 9.17) is 16.3 Å². The number of ether oxygens (including phenoxy) is 1. The van der Waals surface area contributed by atoms with Gasteiger partial charge in [0, 0.05) is 23.8 Å². The van der Waals surface area contributed by atoms with Crippen LogP contribution in [0.2, 0.25) is 5.02 Å². The van der Waals surface area contributed by atoms with Crippen molar-refractivity contribution in [1.82, 2.24) is 9.13 Å². The Balaban J connectivity index is 1.95. The van der Waals surface area contributed by atoms with Crippen molar-refractivity contribution in [1.29, 1.82) is 0 Å². The van der Waals surface area contributed by atoms with Gasteiger partial charge >= 0.3 is 5.69 Å². The highest BCUT2D eigenvalue weighted by Gasteiger charge is 2.11. The molecule has 0 spiro atoms. The summed E-state index contributed by atoms with van der Waals surface area (Å²) in [5.74, 6) is 0. The Morgan fingerprint density at radius 3 is 2.70 bits per heavy atom. The maximum atomic E-state index is 12.1. The predicted molar refractivity (Wildman–Crippen MR) is 87.8 cm³/mol. The van der Waals surface area contributed by atoms with Gasteiger partial charge in [-0.2, -0.15) is 0 Å². The van der Waals surface area contributed by atoms with Gasteiger partial charge in [-0.1, -0.05) is 29.8 Å². The first-order valence-corrected chi connectivity index (χ1v) is 7.70. The van der Waals surface area contributed by atoms with E-state index in [0.717, 1.165) is 10.1 Å². The fourth-order valence-electron chi connectivity index (χ4n) is 2.15. The lowest BCUT2D eigenvalue weighted by Crippen LogP contribution is -2.42. The summed E-state index contributed by atoms with van der Waals surface area (Å²) in [6.45, 7) is 2.40. The lowest BCUT2D eigenvalue weighted by atomic mass is 10.2. The summed E-state index contributed by atoms with van der Waals surface area (Å²) in [4.78, 5) is 23.8. The van der Waals surface area contributed by atoms with Crippen molar-refractivity contribution >= 4 is 11.6 Å². The molecule has 0 saturated heterocycles. The van der Waals surface area contributed by atoms with Gasteiger partial charge in [0.15, 0.2) is 0 Å². The molecule has 1 atom stereocenters. The number of halogens is 1. The number of hydrogen-bond donors (Lipinski definition) is 1. The molecule has 0 amide bonds. The summed E-state index contributed by atoms with van der Waals surface area (Å²) in [5.41, 5.74) is -0.0680. The Kier molecular flexibility index (Phi) is 6.15. The lowest BCUT2D eigenvalue weighted by Gasteiger charge is -2.14. The van der Waals surface area contributed by atoms with Crippen LogP contribution in [0, 0.1) is 0 Å². The molecule has 1 N–H and O–H groups in total. The van der Waals surface area contributed by atoms with E-state index in [1.54, 1.807) is 13.0 Å². The number of aromatic nitrogens is 2. The Morgan fingerprint density at radius 1 is 1.26 bits per heavy atom. The first kappa shape index (κ1) is 17.5. The van der Waals surface area contributed by atoms with Crippen molar-refractivity contribution in [3.63, 3.8) is 0 Å². The van der Waals surface area contributed by atoms with Crippen molar-refractivity contribution in [2.75, 3.05) is 6.61 Å². The molecule has 7 heteroatoms. The summed E-state index contributed by atoms with van der Waals surface area (Å²) in [6, 6.07) is 8.56. The fourth-order valence-corrected chi connectivity index (χ4v) is 2.34. The largest absolute Gasteiger partial charge is 0.389 e. The van der Waals surface area contributed by atoms with Crippen LogP contribution in [0.5, 0.6) is 0 Å². The second-order valence-corrected chi connectivity index (χ2v) is 5.50. The summed E-state index contributed by atoms with van der Waals surface area (Å²) in [7, 11) is 0. The molecule has 0 aliphatic rings. The number of nitrogens with zero attached hydrogens (tertiary/aromatic N) is 2. The highest BCUT2D eigenvalue weighted by molar-refractivity contribution is 6.31. The second kappa shape index (κ2) is 8.10. The van der Waals surface area contributed by atoms with Crippen molar-refractivity contribution in [2.45, 2.75) is 32.7 Å². The van der Waals surface area contributed by atoms with Gasteiger partial charge in [0.1, 0.15) is 0 Å². The van der Waals surface area contributed by atoms with Gasteiger partial charge in [-0.05, 0) is 18.6 Å². The standard InChI is InChI=1S/C16H19ClN2O4/c1-2-18-8-7-15(21)19(16(18)22)9-13(20)11-23-10-12-5-3-4-6-14(12)17/h3-8,13,20H,2,9-11H2,1H3. The summed E-state index contributed by atoms with van der Waals surface area (Å²) in [5, 5.41) is 10.6. The van der Waals surface area contributed by atoms with E-state index in [-0.39, 0.29) is 19.8 Å². The Bertz CT molecular complexity index is 769. The van der Waals surface area contributed by atoms with E-state index in [0.29, 0.717) is 11.6 Å². The molecule has 23 heavy (non-hydrogen) atoms. The molecule has 0 bridgehead atoms. The highest BCUT2D eigenvalue weighted by atomic mass is 35.5. The first-order chi connectivity index (χ1) is 11.0. The second-order valence-electron chi connectivity index (χ2n) is 5.09. The number of hydrogen-bond acceptors (Lipinski definition) is 4. The molecule has 124 valence electrons. The zero-order valence-electron chi connectivity index (χ0n) is 12.8. The van der Waals surface area contributed by atoms with Crippen LogP contribution >= 0.6 is 11.6 Å². The quantitative estimate of drug-likeness (QED) is 0.825. The molecule has 0 aliphatic carbocycles. The van der Waals surface area contributed by atoms with E-state index >= 15 is 0 Å². The van der Waals surface area contributed by atoms with Crippen molar-refractivity contribution in [2.24, 2.45) is 0 Å². The van der Waals surface area contributed by atoms with Gasteiger partial charge in [-0.25, -0.2) is 4.79 Å². The molecule has 0 saturated carbocycles. The Labute approximate surface area is 138 Å². The van der Waals surface area contributed by atoms with Crippen LogP contribution in [-0.4, -0.2) is 27.0 Å². The molecule has 1 unspecified atom stereocenters. The average molecular weight is 339 g/mol. The first-order valence-electron chi connectivity index (χ1n) is 7.32. The zero-order chi connectivity index (χ0) is 16.8. The molecule has 6 nitrogen and oxygen atoms in total. The number of aryl methyl sites for hydroxylation is 1. The molecule has 2 rings (SSSR count). The number of aliphatic hydroxyl groups excluding tert-OH is 1. The molecule has 1 heterocycles. The van der Waals surface area contributed by atoms with Crippen LogP contribution < -0.4 is 11.2 Å². The number of rotatable bonds is 7. The molecule has 0 aliphatic heterocycles. The number of aliphatic hydroxyl groups is 1. The third-order valence-corrected chi connectivity index (χ3v) is 3.77. The molecule has 2 aromatic rings. The highest BCUT2D eigenvalue weighted by Crippen LogP contribution is 2.15. The van der Waals surface area contributed by atoms with Gasteiger partial charge in [-0.15, -0.1) is 0 Å². The topological polar surface area (TPSA) is 73.5 Å². The van der Waals surface area contributed by atoms with Gasteiger partial charge in [0.25, 0.3) is 5.56 Å². The van der Waals surface area contributed by atoms with Crippen LogP contribution in [0.1, 0.15) is 12.5 Å². The van der Waals surface area contributed by atoms with Crippen LogP contribution in [0.3, 0.4) is 0 Å². The van der Waals surface area contributed by atoms with Gasteiger partial charge < -0.3 is 14.4 Å². The molecular formula is C16H19ClN2O4. The van der Waals surface area contributed by atoms with Crippen LogP contribution in [-0.2, 0) is 24.4 Å². The maximum absolute atomic E-state index is 12.1. The minimum Gasteiger partial charge on any atom is -0.389 e. The molecular weight excluding hydrogens is 320 g/mol. The van der Waals surface area contributed by atoms with Crippen LogP contribution in [0.4, 0.5) is 0 Å². The van der Waals surface area contributed by atoms with Crippen molar-refractivity contribution in [3.05, 3.63) is 68.0 Å². The van der Waals surface area contributed by atoms with E-state index in [1.165, 1.54) is 16.8 Å².